The summed E-state index contributed by atoms with van der Waals surface area (Å²) in [5.41, 5.74) is 10.8. The number of fused-ring (bicyclic) bond motifs is 2. The van der Waals surface area contributed by atoms with Gasteiger partial charge in [-0.05, 0) is 101 Å². The predicted octanol–water partition coefficient (Wildman–Crippen LogP) is 12.9. The highest BCUT2D eigenvalue weighted by molar-refractivity contribution is 7.42. The van der Waals surface area contributed by atoms with Crippen molar-refractivity contribution in [2.24, 2.45) is 0 Å². The van der Waals surface area contributed by atoms with Gasteiger partial charge < -0.3 is 18.5 Å². The highest BCUT2D eigenvalue weighted by Gasteiger charge is 2.42. The minimum absolute atomic E-state index is 0.109. The quantitative estimate of drug-likeness (QED) is 0.0996. The van der Waals surface area contributed by atoms with Crippen molar-refractivity contribution in [2.75, 3.05) is 6.61 Å². The number of rotatable bonds is 8. The van der Waals surface area contributed by atoms with E-state index in [1.807, 2.05) is 58.9 Å². The summed E-state index contributed by atoms with van der Waals surface area (Å²) < 4.78 is 31.4. The van der Waals surface area contributed by atoms with Gasteiger partial charge in [-0.25, -0.2) is 0 Å². The predicted molar refractivity (Wildman–Crippen MR) is 234 cm³/mol. The number of carbonyl (C=O) groups excluding carboxylic acids is 2. The Morgan fingerprint density at radius 1 is 0.517 bits per heavy atom. The molecular weight excluding hydrogens is 744 g/mol. The van der Waals surface area contributed by atoms with Crippen LogP contribution in [-0.2, 0) is 35.8 Å². The van der Waals surface area contributed by atoms with E-state index in [0.717, 1.165) is 55.6 Å². The summed E-state index contributed by atoms with van der Waals surface area (Å²) in [4.78, 5) is 27.4. The van der Waals surface area contributed by atoms with E-state index in [9.17, 15) is 9.59 Å². The third kappa shape index (κ3) is 8.32. The van der Waals surface area contributed by atoms with Crippen molar-refractivity contribution in [1.82, 2.24) is 0 Å². The molecule has 310 valence electrons. The maximum absolute atomic E-state index is 13.7. The summed E-state index contributed by atoms with van der Waals surface area (Å²) in [6.45, 7) is 36.3. The molecule has 2 aliphatic heterocycles. The Kier molecular flexibility index (Phi) is 11.3. The first-order chi connectivity index (χ1) is 26.7. The Hall–Kier alpha value is -4.19. The Bertz CT molecular complexity index is 2090. The second-order valence-corrected chi connectivity index (χ2v) is 21.5. The van der Waals surface area contributed by atoms with Crippen molar-refractivity contribution in [3.05, 3.63) is 115 Å². The van der Waals surface area contributed by atoms with Crippen LogP contribution in [-0.4, -0.2) is 18.5 Å². The molecule has 0 bridgehead atoms. The van der Waals surface area contributed by atoms with Gasteiger partial charge in [0.25, 0.3) is 0 Å². The van der Waals surface area contributed by atoms with E-state index >= 15 is 0 Å². The highest BCUT2D eigenvalue weighted by atomic mass is 31.2. The summed E-state index contributed by atoms with van der Waals surface area (Å²) >= 11 is 0. The van der Waals surface area contributed by atoms with Crippen LogP contribution in [0.3, 0.4) is 0 Å². The maximum atomic E-state index is 13.7. The Morgan fingerprint density at radius 3 is 1.12 bits per heavy atom. The molecule has 0 aliphatic carbocycles. The molecule has 2 aliphatic rings. The van der Waals surface area contributed by atoms with Crippen LogP contribution in [0.15, 0.2) is 48.5 Å². The van der Waals surface area contributed by atoms with E-state index in [-0.39, 0.29) is 33.6 Å². The van der Waals surface area contributed by atoms with Gasteiger partial charge in [0.2, 0.25) is 0 Å². The van der Waals surface area contributed by atoms with Crippen molar-refractivity contribution in [3.8, 4) is 23.0 Å². The summed E-state index contributed by atoms with van der Waals surface area (Å²) in [6.07, 6.45) is 0. The monoisotopic (exact) mass is 806 g/mol. The van der Waals surface area contributed by atoms with Crippen LogP contribution in [0.5, 0.6) is 23.0 Å². The fraction of sp³-hybridized carbons (Fsp3) is 0.480. The van der Waals surface area contributed by atoms with E-state index in [2.05, 4.69) is 107 Å². The van der Waals surface area contributed by atoms with Crippen LogP contribution >= 0.6 is 8.60 Å². The van der Waals surface area contributed by atoms with Crippen molar-refractivity contribution in [2.45, 2.75) is 151 Å². The first-order valence-corrected chi connectivity index (χ1v) is 21.6. The van der Waals surface area contributed by atoms with Crippen LogP contribution in [0.4, 0.5) is 0 Å². The molecule has 0 amide bonds. The number of hydrogen-bond acceptors (Lipinski definition) is 7. The van der Waals surface area contributed by atoms with E-state index in [1.54, 1.807) is 0 Å². The lowest BCUT2D eigenvalue weighted by molar-refractivity contribution is -0.134. The van der Waals surface area contributed by atoms with Gasteiger partial charge in [-0.3, -0.25) is 14.1 Å². The summed E-state index contributed by atoms with van der Waals surface area (Å²) in [5.74, 6) is 0.999. The fourth-order valence-corrected chi connectivity index (χ4v) is 9.29. The number of carbonyl (C=O) groups is 2. The average Bonchev–Trinajstić information content (AvgIpc) is 3.59. The zero-order valence-corrected chi connectivity index (χ0v) is 38.7. The molecule has 6 rings (SSSR count). The molecule has 4 aromatic rings. The third-order valence-corrected chi connectivity index (χ3v) is 12.4. The molecule has 7 nitrogen and oxygen atoms in total. The zero-order valence-electron chi connectivity index (χ0n) is 37.8. The van der Waals surface area contributed by atoms with Crippen molar-refractivity contribution in [1.29, 1.82) is 0 Å². The number of esters is 2. The standard InChI is InChI=1S/C50H63O7P/c1-18-53-58(56-41-27(2)19-31(20-28(41)3)39-35-23-33(47(6,7)8)25-37(49(12,13)14)43(35)54-45(39)51)57-42-29(4)21-32(22-30(42)5)40-36-24-34(48(9,10)11)26-38(50(15,16)17)44(36)55-46(40)52/h19-26,39-40H,18H2,1-17H3. The van der Waals surface area contributed by atoms with Gasteiger partial charge >= 0.3 is 20.5 Å². The molecule has 4 aromatic carbocycles. The SMILES string of the molecule is CCOP(Oc1c(C)cc(C2C(=O)Oc3c2cc(C(C)(C)C)cc3C(C)(C)C)cc1C)Oc1c(C)cc(C2C(=O)Oc3c2cc(C(C)(C)C)cc3C(C)(C)C)cc1C. The fourth-order valence-electron chi connectivity index (χ4n) is 8.06. The Balaban J connectivity index is 1.31. The first kappa shape index (κ1) is 43.4. The van der Waals surface area contributed by atoms with E-state index in [1.165, 1.54) is 11.1 Å². The van der Waals surface area contributed by atoms with Crippen LogP contribution < -0.4 is 18.5 Å². The smallest absolute Gasteiger partial charge is 0.425 e. The summed E-state index contributed by atoms with van der Waals surface area (Å²) in [7, 11) is -1.87. The Morgan fingerprint density at radius 2 is 0.845 bits per heavy atom. The second-order valence-electron chi connectivity index (χ2n) is 20.4. The van der Waals surface area contributed by atoms with Crippen LogP contribution in [0.25, 0.3) is 0 Å². The van der Waals surface area contributed by atoms with Gasteiger partial charge in [0.1, 0.15) is 34.8 Å². The molecule has 0 spiro atoms. The molecule has 0 aromatic heterocycles. The summed E-state index contributed by atoms with van der Waals surface area (Å²) in [5, 5.41) is 0. The van der Waals surface area contributed by atoms with E-state index in [4.69, 9.17) is 23.0 Å². The van der Waals surface area contributed by atoms with E-state index in [0.29, 0.717) is 29.6 Å². The number of aryl methyl sites for hydroxylation is 4. The third-order valence-electron chi connectivity index (χ3n) is 11.3. The van der Waals surface area contributed by atoms with Gasteiger partial charge in [0, 0.05) is 22.3 Å². The molecule has 0 radical (unpaired) electrons. The molecule has 2 heterocycles. The molecule has 2 atom stereocenters. The van der Waals surface area contributed by atoms with Crippen molar-refractivity contribution < 1.29 is 32.6 Å². The normalized spacial score (nSPS) is 17.5. The molecule has 0 saturated heterocycles. The molecule has 0 fully saturated rings. The van der Waals surface area contributed by atoms with Crippen LogP contribution in [0.2, 0.25) is 0 Å². The van der Waals surface area contributed by atoms with Crippen LogP contribution in [0, 0.1) is 27.7 Å². The molecule has 0 N–H and O–H groups in total. The van der Waals surface area contributed by atoms with Crippen LogP contribution in [0.1, 0.15) is 169 Å². The lowest BCUT2D eigenvalue weighted by Crippen LogP contribution is -2.17. The lowest BCUT2D eigenvalue weighted by atomic mass is 9.77. The van der Waals surface area contributed by atoms with Gasteiger partial charge in [0.15, 0.2) is 0 Å². The van der Waals surface area contributed by atoms with Crippen molar-refractivity contribution >= 4 is 20.5 Å². The van der Waals surface area contributed by atoms with Gasteiger partial charge in [0.05, 0.1) is 6.61 Å². The topological polar surface area (TPSA) is 80.3 Å². The molecule has 0 saturated carbocycles. The molecular formula is C50H63O7P. The lowest BCUT2D eigenvalue weighted by Gasteiger charge is -2.27. The zero-order chi connectivity index (χ0) is 43.0. The minimum atomic E-state index is -1.87. The van der Waals surface area contributed by atoms with Gasteiger partial charge in [-0.2, -0.15) is 0 Å². The largest absolute Gasteiger partial charge is 0.463 e. The van der Waals surface area contributed by atoms with Gasteiger partial charge in [-0.15, -0.1) is 0 Å². The molecule has 58 heavy (non-hydrogen) atoms. The van der Waals surface area contributed by atoms with E-state index < -0.39 is 20.4 Å². The second kappa shape index (κ2) is 15.1. The summed E-state index contributed by atoms with van der Waals surface area (Å²) in [6, 6.07) is 16.8. The molecule has 8 heteroatoms. The Labute approximate surface area is 348 Å². The average molecular weight is 807 g/mol. The number of hydrogen-bond donors (Lipinski definition) is 0. The number of ether oxygens (including phenoxy) is 2. The minimum Gasteiger partial charge on any atom is -0.425 e. The highest BCUT2D eigenvalue weighted by Crippen LogP contribution is 2.52. The number of benzene rings is 4. The molecule has 2 unspecified atom stereocenters. The maximum Gasteiger partial charge on any atom is 0.463 e. The van der Waals surface area contributed by atoms with Crippen molar-refractivity contribution in [3.63, 3.8) is 0 Å². The first-order valence-electron chi connectivity index (χ1n) is 20.5. The van der Waals surface area contributed by atoms with Gasteiger partial charge in [-0.1, -0.05) is 132 Å².